The van der Waals surface area contributed by atoms with Crippen LogP contribution < -0.4 is 0 Å². The van der Waals surface area contributed by atoms with Crippen molar-refractivity contribution in [1.82, 2.24) is 9.80 Å². The summed E-state index contributed by atoms with van der Waals surface area (Å²) in [6.07, 6.45) is -0.0457. The van der Waals surface area contributed by atoms with Crippen molar-refractivity contribution in [2.75, 3.05) is 14.1 Å². The van der Waals surface area contributed by atoms with Gasteiger partial charge in [-0.2, -0.15) is 0 Å². The van der Waals surface area contributed by atoms with E-state index in [-0.39, 0.29) is 28.8 Å². The van der Waals surface area contributed by atoms with Crippen LogP contribution in [0.5, 0.6) is 0 Å². The summed E-state index contributed by atoms with van der Waals surface area (Å²) in [5.74, 6) is -0.425. The number of hydrogen-bond acceptors (Lipinski definition) is 5. The molecule has 0 saturated heterocycles. The number of carbonyl (C=O) groups excluding carboxylic acids is 3. The van der Waals surface area contributed by atoms with Crippen molar-refractivity contribution in [3.63, 3.8) is 0 Å². The first-order chi connectivity index (χ1) is 20.6. The molecule has 0 unspecified atom stereocenters. The van der Waals surface area contributed by atoms with Crippen LogP contribution in [0.15, 0.2) is 60.7 Å². The minimum atomic E-state index is -2.81. The second-order valence-corrected chi connectivity index (χ2v) is 21.1. The summed E-state index contributed by atoms with van der Waals surface area (Å²) >= 11 is 0. The highest BCUT2D eigenvalue weighted by Gasteiger charge is 2.58. The van der Waals surface area contributed by atoms with E-state index in [1.54, 1.807) is 34.9 Å². The lowest BCUT2D eigenvalue weighted by atomic mass is 10.0. The maximum Gasteiger partial charge on any atom is 0.410 e. The Labute approximate surface area is 273 Å². The fraction of sp³-hybridized carbons (Fsp3) is 0.595. The first kappa shape index (κ1) is 38.1. The third kappa shape index (κ3) is 10.2. The number of ether oxygens (including phenoxy) is 1. The molecule has 2 aromatic rings. The van der Waals surface area contributed by atoms with Crippen LogP contribution in [0.4, 0.5) is 4.79 Å². The lowest BCUT2D eigenvalue weighted by molar-refractivity contribution is -0.150. The second kappa shape index (κ2) is 15.0. The van der Waals surface area contributed by atoms with Crippen LogP contribution in [0.25, 0.3) is 0 Å². The smallest absolute Gasteiger partial charge is 0.410 e. The van der Waals surface area contributed by atoms with Crippen LogP contribution in [0.3, 0.4) is 0 Å². The Morgan fingerprint density at radius 2 is 1.11 bits per heavy atom. The second-order valence-electron chi connectivity index (χ2n) is 15.8. The molecule has 250 valence electrons. The molecule has 0 saturated carbocycles. The number of hydrogen-bond donors (Lipinski definition) is 0. The molecule has 2 atom stereocenters. The van der Waals surface area contributed by atoms with Crippen LogP contribution >= 0.6 is 0 Å². The maximum absolute atomic E-state index is 14.6. The lowest BCUT2D eigenvalue weighted by Crippen LogP contribution is -2.60. The largest absolute Gasteiger partial charge is 0.516 e. The van der Waals surface area contributed by atoms with Crippen LogP contribution in [-0.2, 0) is 31.6 Å². The summed E-state index contributed by atoms with van der Waals surface area (Å²) in [6.45, 7) is 22.8. The quantitative estimate of drug-likeness (QED) is 0.232. The molecule has 2 rings (SSSR count). The molecule has 0 spiro atoms. The monoisotopic (exact) mass is 638 g/mol. The Kier molecular flexibility index (Phi) is 12.7. The molecule has 0 fully saturated rings. The van der Waals surface area contributed by atoms with Crippen molar-refractivity contribution in [1.29, 1.82) is 0 Å². The zero-order chi connectivity index (χ0) is 34.4. The van der Waals surface area contributed by atoms with Gasteiger partial charge in [-0.05, 0) is 53.9 Å². The van der Waals surface area contributed by atoms with Crippen LogP contribution in [0.2, 0.25) is 16.1 Å². The van der Waals surface area contributed by atoms with E-state index in [1.165, 1.54) is 9.80 Å². The molecular weight excluding hydrogens is 581 g/mol. The summed E-state index contributed by atoms with van der Waals surface area (Å²) in [7, 11) is 0.420. The minimum Gasteiger partial charge on any atom is -0.516 e. The zero-order valence-corrected chi connectivity index (χ0v) is 31.1. The van der Waals surface area contributed by atoms with E-state index < -0.39 is 38.1 Å². The first-order valence-electron chi connectivity index (χ1n) is 16.1. The minimum absolute atomic E-state index is 0.252. The van der Waals surface area contributed by atoms with Gasteiger partial charge in [0.1, 0.15) is 17.7 Å². The molecule has 0 bridgehead atoms. The van der Waals surface area contributed by atoms with Gasteiger partial charge in [-0.1, -0.05) is 116 Å². The summed E-state index contributed by atoms with van der Waals surface area (Å²) < 4.78 is 12.5. The van der Waals surface area contributed by atoms with Gasteiger partial charge in [-0.25, -0.2) is 4.79 Å². The first-order valence-corrected chi connectivity index (χ1v) is 18.2. The normalized spacial score (nSPS) is 14.0. The van der Waals surface area contributed by atoms with Crippen molar-refractivity contribution >= 4 is 26.3 Å². The fourth-order valence-corrected chi connectivity index (χ4v) is 12.0. The van der Waals surface area contributed by atoms with Gasteiger partial charge in [0, 0.05) is 26.9 Å². The van der Waals surface area contributed by atoms with Gasteiger partial charge in [0.15, 0.2) is 0 Å². The topological polar surface area (TPSA) is 76.2 Å². The van der Waals surface area contributed by atoms with E-state index in [0.29, 0.717) is 5.92 Å². The number of carbonyl (C=O) groups is 3. The number of amides is 2. The molecule has 0 aliphatic rings. The Bertz CT molecular complexity index is 1250. The Morgan fingerprint density at radius 1 is 0.689 bits per heavy atom. The third-order valence-corrected chi connectivity index (χ3v) is 15.2. The average molecular weight is 639 g/mol. The molecule has 0 aromatic heterocycles. The highest BCUT2D eigenvalue weighted by Crippen LogP contribution is 2.55. The summed E-state index contributed by atoms with van der Waals surface area (Å²) in [5, 5.41) is -0.504. The Hall–Kier alpha value is -3.13. The molecule has 8 heteroatoms. The molecular formula is C37H58N2O5Si. The van der Waals surface area contributed by atoms with Crippen molar-refractivity contribution in [3.05, 3.63) is 71.8 Å². The molecule has 45 heavy (non-hydrogen) atoms. The molecule has 2 aromatic carbocycles. The predicted molar refractivity (Wildman–Crippen MR) is 186 cm³/mol. The molecule has 0 N–H and O–H groups in total. The van der Waals surface area contributed by atoms with Crippen LogP contribution in [-0.4, -0.2) is 67.9 Å². The summed E-state index contributed by atoms with van der Waals surface area (Å²) in [6, 6.07) is 18.3. The van der Waals surface area contributed by atoms with E-state index >= 15 is 0 Å². The van der Waals surface area contributed by atoms with Crippen molar-refractivity contribution in [2.45, 2.75) is 123 Å². The fourth-order valence-electron chi connectivity index (χ4n) is 6.19. The summed E-state index contributed by atoms with van der Waals surface area (Å²) in [5.41, 5.74) is 1.08. The van der Waals surface area contributed by atoms with Gasteiger partial charge in [0.2, 0.25) is 5.91 Å². The van der Waals surface area contributed by atoms with Gasteiger partial charge in [-0.15, -0.1) is 0 Å². The molecule has 0 aliphatic carbocycles. The van der Waals surface area contributed by atoms with Gasteiger partial charge in [0.25, 0.3) is 8.32 Å². The zero-order valence-electron chi connectivity index (χ0n) is 30.1. The van der Waals surface area contributed by atoms with Gasteiger partial charge < -0.3 is 14.1 Å². The third-order valence-electron chi connectivity index (χ3n) is 8.46. The standard InChI is InChI=1S/C37H58N2O5Si/c1-27(2)26-45(36(6,7)8,37(9,10)11)44-33(41)31(25-29-22-18-15-19-23-29)38(12)32(40)30(24-28-20-16-14-17-21-28)39(13)34(42)43-35(3,4)5/h14-23,27,30-31H,24-26H2,1-13H3/t30-,31-/m0/s1. The van der Waals surface area contributed by atoms with Gasteiger partial charge in [0.05, 0.1) is 0 Å². The molecule has 2 amide bonds. The van der Waals surface area contributed by atoms with Crippen molar-refractivity contribution in [3.8, 4) is 0 Å². The average Bonchev–Trinajstić information content (AvgIpc) is 2.91. The SMILES string of the molecule is CC(C)C[Si](OC(=O)[C@H](Cc1ccccc1)N(C)C(=O)[C@H](Cc1ccccc1)N(C)C(=O)OC(C)(C)C)(C(C)(C)C)C(C)(C)C. The maximum atomic E-state index is 14.6. The van der Waals surface area contributed by atoms with Crippen LogP contribution in [0.1, 0.15) is 87.3 Å². The Balaban J connectivity index is 2.62. The Morgan fingerprint density at radius 3 is 1.49 bits per heavy atom. The summed E-state index contributed by atoms with van der Waals surface area (Å²) in [4.78, 5) is 45.2. The number of rotatable bonds is 11. The lowest BCUT2D eigenvalue weighted by Gasteiger charge is -2.51. The molecule has 0 aliphatic heterocycles. The molecule has 0 heterocycles. The van der Waals surface area contributed by atoms with Crippen LogP contribution in [0, 0.1) is 5.92 Å². The highest BCUT2D eigenvalue weighted by molar-refractivity contribution is 6.80. The number of nitrogens with zero attached hydrogens (tertiary/aromatic N) is 2. The van der Waals surface area contributed by atoms with Crippen molar-refractivity contribution < 1.29 is 23.5 Å². The van der Waals surface area contributed by atoms with Gasteiger partial charge in [-0.3, -0.25) is 14.5 Å². The number of benzene rings is 2. The van der Waals surface area contributed by atoms with Gasteiger partial charge >= 0.3 is 12.1 Å². The van der Waals surface area contributed by atoms with E-state index in [4.69, 9.17) is 9.16 Å². The van der Waals surface area contributed by atoms with Crippen molar-refractivity contribution in [2.24, 2.45) is 5.92 Å². The number of likely N-dealkylation sites (N-methyl/N-ethyl adjacent to an activating group) is 2. The molecule has 0 radical (unpaired) electrons. The van der Waals surface area contributed by atoms with E-state index in [2.05, 4.69) is 55.4 Å². The predicted octanol–water partition coefficient (Wildman–Crippen LogP) is 8.28. The van der Waals surface area contributed by atoms with E-state index in [1.807, 2.05) is 60.7 Å². The van der Waals surface area contributed by atoms with E-state index in [9.17, 15) is 14.4 Å². The highest BCUT2D eigenvalue weighted by atomic mass is 28.4. The van der Waals surface area contributed by atoms with E-state index in [0.717, 1.165) is 17.2 Å². The molecule has 7 nitrogen and oxygen atoms in total.